The van der Waals surface area contributed by atoms with Crippen LogP contribution in [0.1, 0.15) is 24.8 Å². The molecule has 0 saturated heterocycles. The van der Waals surface area contributed by atoms with E-state index in [1.807, 2.05) is 0 Å². The minimum Gasteiger partial charge on any atom is -0.462 e. The van der Waals surface area contributed by atoms with Crippen LogP contribution >= 0.6 is 0 Å². The molecule has 0 amide bonds. The molecule has 2 rings (SSSR count). The summed E-state index contributed by atoms with van der Waals surface area (Å²) in [5.74, 6) is -2.45. The largest absolute Gasteiger partial charge is 0.462 e. The third-order valence-corrected chi connectivity index (χ3v) is 3.20. The van der Waals surface area contributed by atoms with E-state index in [0.717, 1.165) is 18.6 Å². The van der Waals surface area contributed by atoms with Crippen LogP contribution in [0.4, 0.5) is 8.78 Å². The first-order chi connectivity index (χ1) is 9.08. The number of carbonyl (C=O) groups is 1. The van der Waals surface area contributed by atoms with Crippen LogP contribution in [0, 0.1) is 28.9 Å². The van der Waals surface area contributed by atoms with Gasteiger partial charge in [0, 0.05) is 12.3 Å². The lowest BCUT2D eigenvalue weighted by Crippen LogP contribution is -2.17. The van der Waals surface area contributed by atoms with E-state index in [4.69, 9.17) is 10.00 Å². The van der Waals surface area contributed by atoms with Gasteiger partial charge in [-0.15, -0.1) is 0 Å². The van der Waals surface area contributed by atoms with Crippen molar-refractivity contribution in [2.24, 2.45) is 5.92 Å². The van der Waals surface area contributed by atoms with Crippen LogP contribution in [0.5, 0.6) is 0 Å². The maximum atomic E-state index is 13.0. The third-order valence-electron chi connectivity index (χ3n) is 3.20. The molecule has 1 fully saturated rings. The second kappa shape index (κ2) is 5.79. The van der Waals surface area contributed by atoms with Gasteiger partial charge in [-0.05, 0) is 30.5 Å². The second-order valence-corrected chi connectivity index (χ2v) is 4.68. The van der Waals surface area contributed by atoms with Gasteiger partial charge in [-0.3, -0.25) is 4.79 Å². The van der Waals surface area contributed by atoms with Crippen molar-refractivity contribution in [2.45, 2.75) is 31.8 Å². The Hall–Kier alpha value is -1.96. The van der Waals surface area contributed by atoms with Gasteiger partial charge in [-0.25, -0.2) is 8.78 Å². The molecule has 1 saturated carbocycles. The molecule has 0 N–H and O–H groups in total. The molecule has 0 aliphatic heterocycles. The fourth-order valence-electron chi connectivity index (χ4n) is 2.21. The van der Waals surface area contributed by atoms with E-state index in [0.29, 0.717) is 18.4 Å². The zero-order valence-corrected chi connectivity index (χ0v) is 10.2. The van der Waals surface area contributed by atoms with Crippen molar-refractivity contribution in [3.63, 3.8) is 0 Å². The molecule has 3 nitrogen and oxygen atoms in total. The highest BCUT2D eigenvalue weighted by Gasteiger charge is 2.27. The maximum Gasteiger partial charge on any atom is 0.310 e. The first kappa shape index (κ1) is 13.5. The zero-order chi connectivity index (χ0) is 13.8. The van der Waals surface area contributed by atoms with Gasteiger partial charge >= 0.3 is 5.97 Å². The summed E-state index contributed by atoms with van der Waals surface area (Å²) in [4.78, 5) is 11.6. The van der Waals surface area contributed by atoms with Gasteiger partial charge < -0.3 is 4.74 Å². The van der Waals surface area contributed by atoms with Gasteiger partial charge in [-0.2, -0.15) is 5.26 Å². The Morgan fingerprint density at radius 2 is 2.16 bits per heavy atom. The average Bonchev–Trinajstić information content (AvgIpc) is 2.81. The maximum absolute atomic E-state index is 13.0. The summed E-state index contributed by atoms with van der Waals surface area (Å²) in [6.07, 6.45) is 1.65. The van der Waals surface area contributed by atoms with E-state index in [1.165, 1.54) is 6.07 Å². The molecular weight excluding hydrogens is 252 g/mol. The fraction of sp³-hybridized carbons (Fsp3) is 0.429. The van der Waals surface area contributed by atoms with Gasteiger partial charge in [0.2, 0.25) is 0 Å². The first-order valence-corrected chi connectivity index (χ1v) is 6.11. The average molecular weight is 265 g/mol. The molecule has 19 heavy (non-hydrogen) atoms. The predicted octanol–water partition coefficient (Wildman–Crippen LogP) is 2.74. The van der Waals surface area contributed by atoms with E-state index in [9.17, 15) is 13.6 Å². The molecule has 0 bridgehead atoms. The number of benzene rings is 1. The van der Waals surface area contributed by atoms with Crippen molar-refractivity contribution < 1.29 is 18.3 Å². The highest BCUT2D eigenvalue weighted by Crippen LogP contribution is 2.27. The van der Waals surface area contributed by atoms with Crippen LogP contribution in [-0.2, 0) is 16.0 Å². The molecule has 0 spiro atoms. The van der Waals surface area contributed by atoms with E-state index in [-0.39, 0.29) is 18.4 Å². The first-order valence-electron chi connectivity index (χ1n) is 6.11. The Morgan fingerprint density at radius 1 is 1.37 bits per heavy atom. The quantitative estimate of drug-likeness (QED) is 0.789. The lowest BCUT2D eigenvalue weighted by Gasteiger charge is -2.11. The standard InChI is InChI=1S/C14H13F2NO2/c15-12-4-2-9(6-13(12)16)7-14(18)19-11-3-1-10(5-11)8-17/h2,4,6,10-11H,1,3,5,7H2/t10-,11+/m1/s1. The predicted molar refractivity (Wildman–Crippen MR) is 62.9 cm³/mol. The van der Waals surface area contributed by atoms with Crippen LogP contribution in [0.15, 0.2) is 18.2 Å². The summed E-state index contributed by atoms with van der Waals surface area (Å²) in [5.41, 5.74) is 0.374. The summed E-state index contributed by atoms with van der Waals surface area (Å²) in [6, 6.07) is 5.48. The summed E-state index contributed by atoms with van der Waals surface area (Å²) in [6.45, 7) is 0. The normalized spacial score (nSPS) is 21.9. The fourth-order valence-corrected chi connectivity index (χ4v) is 2.21. The van der Waals surface area contributed by atoms with Gasteiger partial charge in [0.25, 0.3) is 0 Å². The highest BCUT2D eigenvalue weighted by atomic mass is 19.2. The number of esters is 1. The monoisotopic (exact) mass is 265 g/mol. The smallest absolute Gasteiger partial charge is 0.310 e. The lowest BCUT2D eigenvalue weighted by molar-refractivity contribution is -0.147. The summed E-state index contributed by atoms with van der Waals surface area (Å²) in [5, 5.41) is 8.74. The number of carbonyl (C=O) groups excluding carboxylic acids is 1. The van der Waals surface area contributed by atoms with Gasteiger partial charge in [0.15, 0.2) is 11.6 Å². The SMILES string of the molecule is N#C[C@@H]1CC[C@H](OC(=O)Cc2ccc(F)c(F)c2)C1. The Balaban J connectivity index is 1.88. The van der Waals surface area contributed by atoms with Gasteiger partial charge in [0.05, 0.1) is 12.5 Å². The Labute approximate surface area is 109 Å². The van der Waals surface area contributed by atoms with Crippen molar-refractivity contribution in [2.75, 3.05) is 0 Å². The number of nitriles is 1. The third kappa shape index (κ3) is 3.50. The number of hydrogen-bond donors (Lipinski definition) is 0. The number of nitrogens with zero attached hydrogens (tertiary/aromatic N) is 1. The molecular formula is C14H13F2NO2. The number of ether oxygens (including phenoxy) is 1. The highest BCUT2D eigenvalue weighted by molar-refractivity contribution is 5.72. The number of rotatable bonds is 3. The second-order valence-electron chi connectivity index (χ2n) is 4.68. The van der Waals surface area contributed by atoms with Crippen LogP contribution in [0.25, 0.3) is 0 Å². The van der Waals surface area contributed by atoms with Crippen molar-refractivity contribution in [1.29, 1.82) is 5.26 Å². The Morgan fingerprint density at radius 3 is 2.79 bits per heavy atom. The number of hydrogen-bond acceptors (Lipinski definition) is 3. The van der Waals surface area contributed by atoms with Crippen LogP contribution in [0.3, 0.4) is 0 Å². The molecule has 0 radical (unpaired) electrons. The summed E-state index contributed by atoms with van der Waals surface area (Å²) < 4.78 is 30.9. The van der Waals surface area contributed by atoms with E-state index >= 15 is 0 Å². The molecule has 0 unspecified atom stereocenters. The molecule has 0 heterocycles. The number of halogens is 2. The minimum atomic E-state index is -0.976. The molecule has 0 aromatic heterocycles. The Bertz CT molecular complexity index is 525. The van der Waals surface area contributed by atoms with Gasteiger partial charge in [0.1, 0.15) is 6.10 Å². The molecule has 100 valence electrons. The topological polar surface area (TPSA) is 50.1 Å². The van der Waals surface area contributed by atoms with E-state index in [1.54, 1.807) is 0 Å². The van der Waals surface area contributed by atoms with Crippen LogP contribution < -0.4 is 0 Å². The molecule has 1 aromatic carbocycles. The molecule has 1 aromatic rings. The van der Waals surface area contributed by atoms with Crippen molar-refractivity contribution in [1.82, 2.24) is 0 Å². The molecule has 1 aliphatic rings. The van der Waals surface area contributed by atoms with Crippen molar-refractivity contribution >= 4 is 5.97 Å². The Kier molecular flexibility index (Phi) is 4.10. The van der Waals surface area contributed by atoms with E-state index in [2.05, 4.69) is 6.07 Å². The van der Waals surface area contributed by atoms with Crippen LogP contribution in [-0.4, -0.2) is 12.1 Å². The minimum absolute atomic E-state index is 0.0546. The van der Waals surface area contributed by atoms with Crippen LogP contribution in [0.2, 0.25) is 0 Å². The zero-order valence-electron chi connectivity index (χ0n) is 10.2. The molecule has 5 heteroatoms. The lowest BCUT2D eigenvalue weighted by atomic mass is 10.1. The summed E-state index contributed by atoms with van der Waals surface area (Å²) in [7, 11) is 0. The summed E-state index contributed by atoms with van der Waals surface area (Å²) >= 11 is 0. The molecule has 1 aliphatic carbocycles. The molecule has 2 atom stereocenters. The van der Waals surface area contributed by atoms with Crippen molar-refractivity contribution in [3.05, 3.63) is 35.4 Å². The van der Waals surface area contributed by atoms with Gasteiger partial charge in [-0.1, -0.05) is 6.07 Å². The van der Waals surface area contributed by atoms with E-state index < -0.39 is 17.6 Å². The van der Waals surface area contributed by atoms with Crippen molar-refractivity contribution in [3.8, 4) is 6.07 Å².